The normalized spacial score (nSPS) is 13.4. The van der Waals surface area contributed by atoms with Crippen molar-refractivity contribution < 1.29 is 4.74 Å². The van der Waals surface area contributed by atoms with Gasteiger partial charge in [-0.05, 0) is 52.3 Å². The fraction of sp³-hybridized carbons (Fsp3) is 0.333. The Bertz CT molecular complexity index is 1460. The minimum atomic E-state index is -0.157. The number of ether oxygens (including phenoxy) is 1. The number of pyridine rings is 1. The van der Waals surface area contributed by atoms with Crippen LogP contribution in [0, 0.1) is 20.8 Å². The molecule has 34 heavy (non-hydrogen) atoms. The number of benzene rings is 1. The van der Waals surface area contributed by atoms with Crippen molar-refractivity contribution in [1.29, 1.82) is 0 Å². The van der Waals surface area contributed by atoms with E-state index in [4.69, 9.17) is 14.8 Å². The molecule has 0 amide bonds. The first-order chi connectivity index (χ1) is 16.3. The lowest BCUT2D eigenvalue weighted by Crippen LogP contribution is -2.34. The molecule has 0 aliphatic carbocycles. The quantitative estimate of drug-likeness (QED) is 0.453. The molecule has 0 bridgehead atoms. The molecule has 0 fully saturated rings. The maximum Gasteiger partial charge on any atom is 0.274 e. The fourth-order valence-electron chi connectivity index (χ4n) is 4.55. The summed E-state index contributed by atoms with van der Waals surface area (Å²) in [7, 11) is 0. The number of rotatable bonds is 4. The third-order valence-electron chi connectivity index (χ3n) is 6.35. The highest BCUT2D eigenvalue weighted by Crippen LogP contribution is 2.33. The molecule has 7 nitrogen and oxygen atoms in total. The molecule has 1 aromatic carbocycles. The zero-order valence-electron chi connectivity index (χ0n) is 20.3. The first kappa shape index (κ1) is 22.1. The molecular formula is C27H29N5O2. The number of para-hydroxylation sites is 1. The van der Waals surface area contributed by atoms with Crippen molar-refractivity contribution in [3.8, 4) is 16.9 Å². The topological polar surface area (TPSA) is 72.6 Å². The van der Waals surface area contributed by atoms with Gasteiger partial charge in [-0.3, -0.25) is 9.78 Å². The van der Waals surface area contributed by atoms with Gasteiger partial charge < -0.3 is 9.64 Å². The number of anilines is 1. The first-order valence-corrected chi connectivity index (χ1v) is 11.7. The van der Waals surface area contributed by atoms with Crippen molar-refractivity contribution in [3.63, 3.8) is 0 Å². The van der Waals surface area contributed by atoms with Gasteiger partial charge >= 0.3 is 0 Å². The van der Waals surface area contributed by atoms with Crippen molar-refractivity contribution in [1.82, 2.24) is 19.6 Å². The number of aryl methyl sites for hydroxylation is 2. The van der Waals surface area contributed by atoms with Crippen molar-refractivity contribution in [2.45, 2.75) is 53.7 Å². The van der Waals surface area contributed by atoms with Crippen LogP contribution in [0.3, 0.4) is 0 Å². The van der Waals surface area contributed by atoms with E-state index in [0.717, 1.165) is 58.0 Å². The third kappa shape index (κ3) is 3.91. The zero-order chi connectivity index (χ0) is 24.0. The molecule has 0 spiro atoms. The second-order valence-electron chi connectivity index (χ2n) is 9.21. The van der Waals surface area contributed by atoms with Gasteiger partial charge in [0.1, 0.15) is 5.75 Å². The highest BCUT2D eigenvalue weighted by Gasteiger charge is 2.23. The van der Waals surface area contributed by atoms with Gasteiger partial charge in [-0.15, -0.1) is 5.10 Å². The average molecular weight is 456 g/mol. The molecule has 174 valence electrons. The summed E-state index contributed by atoms with van der Waals surface area (Å²) in [6.45, 7) is 11.4. The molecule has 0 radical (unpaired) electrons. The molecule has 4 aromatic rings. The number of hydrogen-bond acceptors (Lipinski definition) is 6. The van der Waals surface area contributed by atoms with E-state index >= 15 is 0 Å². The molecule has 4 heterocycles. The predicted octanol–water partition coefficient (Wildman–Crippen LogP) is 4.43. The van der Waals surface area contributed by atoms with Crippen LogP contribution in [-0.2, 0) is 13.0 Å². The second kappa shape index (κ2) is 8.56. The summed E-state index contributed by atoms with van der Waals surface area (Å²) in [6.07, 6.45) is 2.85. The molecule has 3 aromatic heterocycles. The van der Waals surface area contributed by atoms with Gasteiger partial charge in [0.2, 0.25) is 0 Å². The fourth-order valence-corrected chi connectivity index (χ4v) is 4.55. The van der Waals surface area contributed by atoms with Gasteiger partial charge in [0.25, 0.3) is 5.56 Å². The molecule has 7 heteroatoms. The third-order valence-corrected chi connectivity index (χ3v) is 6.35. The molecule has 0 atom stereocenters. The monoisotopic (exact) mass is 455 g/mol. The smallest absolute Gasteiger partial charge is 0.274 e. The van der Waals surface area contributed by atoms with Crippen LogP contribution in [0.1, 0.15) is 41.9 Å². The van der Waals surface area contributed by atoms with Crippen LogP contribution in [0.5, 0.6) is 5.75 Å². The first-order valence-electron chi connectivity index (χ1n) is 11.7. The molecule has 0 saturated carbocycles. The molecule has 1 aliphatic rings. The number of aromatic nitrogens is 4. The van der Waals surface area contributed by atoms with E-state index in [-0.39, 0.29) is 11.7 Å². The summed E-state index contributed by atoms with van der Waals surface area (Å²) in [6, 6.07) is 11.8. The van der Waals surface area contributed by atoms with Crippen LogP contribution < -0.4 is 15.2 Å². The van der Waals surface area contributed by atoms with Crippen LogP contribution in [0.4, 0.5) is 5.82 Å². The van der Waals surface area contributed by atoms with Gasteiger partial charge in [0.15, 0.2) is 11.5 Å². The predicted molar refractivity (Wildman–Crippen MR) is 134 cm³/mol. The van der Waals surface area contributed by atoms with Crippen LogP contribution >= 0.6 is 0 Å². The highest BCUT2D eigenvalue weighted by atomic mass is 16.5. The van der Waals surface area contributed by atoms with Crippen LogP contribution in [0.25, 0.3) is 16.8 Å². The average Bonchev–Trinajstić information content (AvgIpc) is 2.81. The van der Waals surface area contributed by atoms with E-state index in [9.17, 15) is 4.79 Å². The molecule has 0 N–H and O–H groups in total. The number of hydrogen-bond donors (Lipinski definition) is 0. The SMILES string of the molecule is Cc1cc(=O)n2nc(N3CCc4ncc(-c5ccccc5OC(C)C)cc4C3)c(C)c(C)c2n1. The van der Waals surface area contributed by atoms with Gasteiger partial charge in [0.05, 0.1) is 6.10 Å². The summed E-state index contributed by atoms with van der Waals surface area (Å²) in [5.74, 6) is 1.68. The Hall–Kier alpha value is -3.74. The Morgan fingerprint density at radius 1 is 1.06 bits per heavy atom. The standard InChI is InChI=1S/C27H29N5O2/c1-16(2)34-24-9-7-6-8-22(24)20-13-21-15-31(11-10-23(21)28-14-20)27-19(5)18(4)26-29-17(3)12-25(33)32(26)30-27/h6-9,12-14,16H,10-11,15H2,1-5H3. The Kier molecular flexibility index (Phi) is 5.55. The lowest BCUT2D eigenvalue weighted by Gasteiger charge is -2.31. The van der Waals surface area contributed by atoms with Crippen molar-refractivity contribution >= 4 is 11.5 Å². The minimum absolute atomic E-state index is 0.0918. The second-order valence-corrected chi connectivity index (χ2v) is 9.21. The lowest BCUT2D eigenvalue weighted by molar-refractivity contribution is 0.243. The van der Waals surface area contributed by atoms with Crippen molar-refractivity contribution in [2.24, 2.45) is 0 Å². The summed E-state index contributed by atoms with van der Waals surface area (Å²) in [5, 5.41) is 4.73. The summed E-state index contributed by atoms with van der Waals surface area (Å²) >= 11 is 0. The Balaban J connectivity index is 1.54. The molecule has 0 unspecified atom stereocenters. The molecular weight excluding hydrogens is 426 g/mol. The van der Waals surface area contributed by atoms with Gasteiger partial charge in [-0.2, -0.15) is 4.52 Å². The maximum absolute atomic E-state index is 12.6. The Labute approximate surface area is 199 Å². The van der Waals surface area contributed by atoms with Gasteiger partial charge in [-0.25, -0.2) is 4.98 Å². The Morgan fingerprint density at radius 3 is 2.65 bits per heavy atom. The van der Waals surface area contributed by atoms with Crippen LogP contribution in [0.2, 0.25) is 0 Å². The van der Waals surface area contributed by atoms with Crippen LogP contribution in [0.15, 0.2) is 47.4 Å². The lowest BCUT2D eigenvalue weighted by atomic mass is 9.99. The Morgan fingerprint density at radius 2 is 1.85 bits per heavy atom. The summed E-state index contributed by atoms with van der Waals surface area (Å²) < 4.78 is 7.46. The van der Waals surface area contributed by atoms with E-state index < -0.39 is 0 Å². The number of fused-ring (bicyclic) bond motifs is 2. The number of nitrogens with zero attached hydrogens (tertiary/aromatic N) is 5. The summed E-state index contributed by atoms with van der Waals surface area (Å²) in [5.41, 5.74) is 7.52. The van der Waals surface area contributed by atoms with Crippen LogP contribution in [-0.4, -0.2) is 32.2 Å². The van der Waals surface area contributed by atoms with E-state index in [1.54, 1.807) is 0 Å². The van der Waals surface area contributed by atoms with Crippen molar-refractivity contribution in [2.75, 3.05) is 11.4 Å². The minimum Gasteiger partial charge on any atom is -0.490 e. The summed E-state index contributed by atoms with van der Waals surface area (Å²) in [4.78, 5) is 24.2. The van der Waals surface area contributed by atoms with Gasteiger partial charge in [-0.1, -0.05) is 18.2 Å². The van der Waals surface area contributed by atoms with E-state index in [0.29, 0.717) is 17.9 Å². The van der Waals surface area contributed by atoms with Gasteiger partial charge in [0, 0.05) is 65.4 Å². The molecule has 1 aliphatic heterocycles. The van der Waals surface area contributed by atoms with E-state index in [1.807, 2.05) is 52.1 Å². The highest BCUT2D eigenvalue weighted by molar-refractivity contribution is 5.71. The molecule has 0 saturated heterocycles. The largest absolute Gasteiger partial charge is 0.490 e. The molecule has 5 rings (SSSR count). The van der Waals surface area contributed by atoms with E-state index in [1.165, 1.54) is 10.6 Å². The maximum atomic E-state index is 12.6. The van der Waals surface area contributed by atoms with Crippen molar-refractivity contribution in [3.05, 3.63) is 81.0 Å². The zero-order valence-corrected chi connectivity index (χ0v) is 20.3. The van der Waals surface area contributed by atoms with E-state index in [2.05, 4.69) is 28.9 Å².